The Morgan fingerprint density at radius 1 is 1.07 bits per heavy atom. The van der Waals surface area contributed by atoms with Crippen molar-refractivity contribution in [2.24, 2.45) is 0 Å². The number of rotatable bonds is 8. The number of hydrogen-bond donors (Lipinski definition) is 0. The molecule has 1 aromatic heterocycles. The van der Waals surface area contributed by atoms with Gasteiger partial charge in [0.25, 0.3) is 0 Å². The van der Waals surface area contributed by atoms with E-state index in [2.05, 4.69) is 15.5 Å². The zero-order valence-electron chi connectivity index (χ0n) is 17.9. The number of esters is 1. The minimum Gasteiger partial charge on any atom is -0.463 e. The first-order chi connectivity index (χ1) is 14.0. The van der Waals surface area contributed by atoms with E-state index >= 15 is 0 Å². The fourth-order valence-electron chi connectivity index (χ4n) is 4.71. The quantitative estimate of drug-likeness (QED) is 0.487. The highest BCUT2D eigenvalue weighted by Gasteiger charge is 2.27. The van der Waals surface area contributed by atoms with Crippen LogP contribution in [0.1, 0.15) is 95.8 Å². The zero-order chi connectivity index (χ0) is 20.6. The van der Waals surface area contributed by atoms with Crippen molar-refractivity contribution in [3.05, 3.63) is 5.82 Å². The minimum absolute atomic E-state index is 0.0239. The summed E-state index contributed by atoms with van der Waals surface area (Å²) in [5, 5.41) is 12.3. The molecule has 0 bridgehead atoms. The van der Waals surface area contributed by atoms with Crippen LogP contribution in [0.5, 0.6) is 0 Å². The Morgan fingerprint density at radius 3 is 2.48 bits per heavy atom. The highest BCUT2D eigenvalue weighted by Crippen LogP contribution is 2.30. The molecule has 8 nitrogen and oxygen atoms in total. The van der Waals surface area contributed by atoms with E-state index in [4.69, 9.17) is 4.74 Å². The van der Waals surface area contributed by atoms with E-state index in [9.17, 15) is 9.59 Å². The number of hydrogen-bond acceptors (Lipinski definition) is 6. The Hall–Kier alpha value is -1.99. The van der Waals surface area contributed by atoms with E-state index in [0.29, 0.717) is 12.5 Å². The number of nitrogens with zero attached hydrogens (tertiary/aromatic N) is 5. The fourth-order valence-corrected chi connectivity index (χ4v) is 4.71. The van der Waals surface area contributed by atoms with Gasteiger partial charge in [-0.15, -0.1) is 5.10 Å². The van der Waals surface area contributed by atoms with Gasteiger partial charge in [-0.25, -0.2) is 4.68 Å². The molecular weight excluding hydrogens is 370 g/mol. The maximum Gasteiger partial charge on any atom is 0.302 e. The third kappa shape index (κ3) is 6.24. The van der Waals surface area contributed by atoms with Gasteiger partial charge in [0.1, 0.15) is 6.10 Å². The van der Waals surface area contributed by atoms with E-state index in [1.807, 2.05) is 16.6 Å². The summed E-state index contributed by atoms with van der Waals surface area (Å²) >= 11 is 0. The van der Waals surface area contributed by atoms with Gasteiger partial charge in [0, 0.05) is 32.9 Å². The molecule has 162 valence electrons. The van der Waals surface area contributed by atoms with E-state index in [1.165, 1.54) is 26.2 Å². The number of carbonyl (C=O) groups excluding carboxylic acids is 2. The van der Waals surface area contributed by atoms with Crippen LogP contribution in [0.25, 0.3) is 0 Å². The molecule has 8 heteroatoms. The van der Waals surface area contributed by atoms with Crippen molar-refractivity contribution in [2.45, 2.75) is 109 Å². The number of tetrazole rings is 1. The molecular formula is C21H35N5O3. The van der Waals surface area contributed by atoms with Crippen LogP contribution in [-0.2, 0) is 20.7 Å². The van der Waals surface area contributed by atoms with Gasteiger partial charge in [-0.2, -0.15) is 0 Å². The molecule has 2 fully saturated rings. The second kappa shape index (κ2) is 10.7. The summed E-state index contributed by atoms with van der Waals surface area (Å²) in [6, 6.07) is 0.705. The summed E-state index contributed by atoms with van der Waals surface area (Å²) in [7, 11) is 1.96. The summed E-state index contributed by atoms with van der Waals surface area (Å²) in [4.78, 5) is 25.6. The predicted octanol–water partition coefficient (Wildman–Crippen LogP) is 3.22. The molecule has 0 N–H and O–H groups in total. The Labute approximate surface area is 173 Å². The molecule has 2 aliphatic rings. The van der Waals surface area contributed by atoms with E-state index in [1.54, 1.807) is 0 Å². The summed E-state index contributed by atoms with van der Waals surface area (Å²) in [6.07, 6.45) is 12.8. The topological polar surface area (TPSA) is 90.2 Å². The average molecular weight is 406 g/mol. The van der Waals surface area contributed by atoms with Crippen LogP contribution in [0.15, 0.2) is 0 Å². The summed E-state index contributed by atoms with van der Waals surface area (Å²) < 4.78 is 7.26. The van der Waals surface area contributed by atoms with E-state index in [-0.39, 0.29) is 24.0 Å². The molecule has 0 saturated heterocycles. The molecule has 1 aromatic rings. The van der Waals surface area contributed by atoms with Crippen molar-refractivity contribution in [3.63, 3.8) is 0 Å². The van der Waals surface area contributed by atoms with Crippen LogP contribution in [0.4, 0.5) is 0 Å². The standard InChI is InChI=1S/C21H35N5O3/c1-16(27)29-19-14-12-18(13-15-19)26-20(22-23-24-26)10-6-7-11-21(28)25(2)17-8-4-3-5-9-17/h17-19H,3-15H2,1-2H3. The number of aromatic nitrogens is 4. The van der Waals surface area contributed by atoms with E-state index < -0.39 is 0 Å². The molecule has 3 rings (SSSR count). The lowest BCUT2D eigenvalue weighted by atomic mass is 9.93. The molecule has 0 aliphatic heterocycles. The number of amides is 1. The molecule has 0 radical (unpaired) electrons. The van der Waals surface area contributed by atoms with Crippen molar-refractivity contribution < 1.29 is 14.3 Å². The van der Waals surface area contributed by atoms with Crippen LogP contribution in [0.3, 0.4) is 0 Å². The molecule has 2 saturated carbocycles. The van der Waals surface area contributed by atoms with Gasteiger partial charge < -0.3 is 9.64 Å². The van der Waals surface area contributed by atoms with Gasteiger partial charge in [-0.3, -0.25) is 9.59 Å². The lowest BCUT2D eigenvalue weighted by Crippen LogP contribution is -2.38. The second-order valence-corrected chi connectivity index (χ2v) is 8.58. The molecule has 2 aliphatic carbocycles. The van der Waals surface area contributed by atoms with Crippen molar-refractivity contribution >= 4 is 11.9 Å². The van der Waals surface area contributed by atoms with Crippen LogP contribution < -0.4 is 0 Å². The first-order valence-corrected chi connectivity index (χ1v) is 11.2. The minimum atomic E-state index is -0.208. The number of aryl methyl sites for hydroxylation is 1. The Bertz CT molecular complexity index is 663. The lowest BCUT2D eigenvalue weighted by Gasteiger charge is -2.31. The fraction of sp³-hybridized carbons (Fsp3) is 0.857. The average Bonchev–Trinajstić information content (AvgIpc) is 3.20. The highest BCUT2D eigenvalue weighted by molar-refractivity contribution is 5.76. The van der Waals surface area contributed by atoms with Gasteiger partial charge in [0.2, 0.25) is 5.91 Å². The second-order valence-electron chi connectivity index (χ2n) is 8.58. The Kier molecular flexibility index (Phi) is 8.00. The van der Waals surface area contributed by atoms with Crippen molar-refractivity contribution in [2.75, 3.05) is 7.05 Å². The molecule has 29 heavy (non-hydrogen) atoms. The molecule has 0 unspecified atom stereocenters. The first-order valence-electron chi connectivity index (χ1n) is 11.2. The molecule has 0 aromatic carbocycles. The number of carbonyl (C=O) groups is 2. The van der Waals surface area contributed by atoms with Gasteiger partial charge in [-0.1, -0.05) is 19.3 Å². The summed E-state index contributed by atoms with van der Waals surface area (Å²) in [6.45, 7) is 1.46. The molecule has 1 heterocycles. The number of unbranched alkanes of at least 4 members (excludes halogenated alkanes) is 1. The maximum absolute atomic E-state index is 12.5. The molecule has 0 spiro atoms. The van der Waals surface area contributed by atoms with E-state index in [0.717, 1.165) is 63.6 Å². The van der Waals surface area contributed by atoms with Crippen LogP contribution in [0.2, 0.25) is 0 Å². The lowest BCUT2D eigenvalue weighted by molar-refractivity contribution is -0.148. The van der Waals surface area contributed by atoms with Crippen LogP contribution in [-0.4, -0.2) is 56.2 Å². The summed E-state index contributed by atoms with van der Waals surface area (Å²) in [5.41, 5.74) is 0. The van der Waals surface area contributed by atoms with Crippen molar-refractivity contribution in [3.8, 4) is 0 Å². The predicted molar refractivity (Wildman–Crippen MR) is 108 cm³/mol. The largest absolute Gasteiger partial charge is 0.463 e. The van der Waals surface area contributed by atoms with Gasteiger partial charge >= 0.3 is 5.97 Å². The summed E-state index contributed by atoms with van der Waals surface area (Å²) in [5.74, 6) is 0.953. The Morgan fingerprint density at radius 2 is 1.79 bits per heavy atom. The molecule has 0 atom stereocenters. The SMILES string of the molecule is CC(=O)OC1CCC(n2nnnc2CCCCC(=O)N(C)C2CCCCC2)CC1. The maximum atomic E-state index is 12.5. The number of ether oxygens (including phenoxy) is 1. The normalized spacial score (nSPS) is 23.0. The smallest absolute Gasteiger partial charge is 0.302 e. The molecule has 1 amide bonds. The van der Waals surface area contributed by atoms with Gasteiger partial charge in [-0.05, 0) is 61.8 Å². The third-order valence-corrected chi connectivity index (χ3v) is 6.44. The first kappa shape index (κ1) is 21.7. The van der Waals surface area contributed by atoms with Crippen LogP contribution >= 0.6 is 0 Å². The monoisotopic (exact) mass is 405 g/mol. The van der Waals surface area contributed by atoms with Crippen LogP contribution in [0, 0.1) is 0 Å². The third-order valence-electron chi connectivity index (χ3n) is 6.44. The van der Waals surface area contributed by atoms with Gasteiger partial charge in [0.05, 0.1) is 6.04 Å². The van der Waals surface area contributed by atoms with Crippen molar-refractivity contribution in [1.82, 2.24) is 25.1 Å². The Balaban J connectivity index is 1.39. The van der Waals surface area contributed by atoms with Gasteiger partial charge in [0.15, 0.2) is 5.82 Å². The zero-order valence-corrected chi connectivity index (χ0v) is 17.9. The highest BCUT2D eigenvalue weighted by atomic mass is 16.5. The van der Waals surface area contributed by atoms with Crippen molar-refractivity contribution in [1.29, 1.82) is 0 Å².